The molecule has 9 aromatic carbocycles. The van der Waals surface area contributed by atoms with Gasteiger partial charge in [0.05, 0.1) is 0 Å². The van der Waals surface area contributed by atoms with E-state index in [1.807, 2.05) is 6.07 Å². The molecule has 9 aromatic rings. The number of benzene rings is 9. The smallest absolute Gasteiger partial charge is 0.0464 e. The second-order valence-electron chi connectivity index (χ2n) is 15.5. The summed E-state index contributed by atoms with van der Waals surface area (Å²) in [5, 5.41) is 0. The molecule has 60 heavy (non-hydrogen) atoms. The van der Waals surface area contributed by atoms with E-state index in [1.165, 1.54) is 33.4 Å². The highest BCUT2D eigenvalue weighted by molar-refractivity contribution is 5.88. The van der Waals surface area contributed by atoms with Crippen molar-refractivity contribution >= 4 is 39.8 Å². The summed E-state index contributed by atoms with van der Waals surface area (Å²) in [7, 11) is 0. The zero-order valence-corrected chi connectivity index (χ0v) is 34.3. The molecule has 0 fully saturated rings. The first-order valence-electron chi connectivity index (χ1n) is 20.5. The van der Waals surface area contributed by atoms with Crippen LogP contribution in [0.25, 0.3) is 44.5 Å². The lowest BCUT2D eigenvalue weighted by molar-refractivity contribution is 1.27. The van der Waals surface area contributed by atoms with Gasteiger partial charge in [0.2, 0.25) is 0 Å². The molecule has 0 atom stereocenters. The number of nitrogen functional groups attached to an aromatic ring is 1. The SMILES string of the molecule is Cc1cccc(N(c2ccccc2)c2ccc(-c3ccc(-c4ccc(N)c(-c5ccc(-c6ccc(N(c7ccccc7)c7cccc(C)c7)cc6)cc5)c4C)cc3)cc2)c1. The van der Waals surface area contributed by atoms with Gasteiger partial charge in [0, 0.05) is 45.4 Å². The zero-order chi connectivity index (χ0) is 41.0. The molecule has 0 saturated carbocycles. The largest absolute Gasteiger partial charge is 0.398 e. The zero-order valence-electron chi connectivity index (χ0n) is 34.3. The fourth-order valence-electron chi connectivity index (χ4n) is 8.29. The first-order chi connectivity index (χ1) is 29.4. The van der Waals surface area contributed by atoms with Crippen molar-refractivity contribution in [3.63, 3.8) is 0 Å². The van der Waals surface area contributed by atoms with Gasteiger partial charge in [-0.1, -0.05) is 140 Å². The normalized spacial score (nSPS) is 11.0. The van der Waals surface area contributed by atoms with Crippen LogP contribution in [0.2, 0.25) is 0 Å². The van der Waals surface area contributed by atoms with Gasteiger partial charge in [-0.25, -0.2) is 0 Å². The molecular formula is C57H47N3. The maximum absolute atomic E-state index is 6.71. The minimum atomic E-state index is 0.775. The standard InChI is InChI=1S/C57H47N3/c1-40-12-10-18-53(38-40)59(49-14-6-4-7-15-49)51-32-28-45(29-33-51)43-20-24-47(25-21-43)55-36-37-56(58)57(42(55)3)48-26-22-44(23-27-48)46-30-34-52(35-31-46)60(50-16-8-5-9-17-50)54-19-11-13-41(2)39-54/h4-39H,58H2,1-3H3. The van der Waals surface area contributed by atoms with Gasteiger partial charge >= 0.3 is 0 Å². The molecule has 0 aliphatic carbocycles. The van der Waals surface area contributed by atoms with Gasteiger partial charge in [-0.3, -0.25) is 0 Å². The number of hydrogen-bond donors (Lipinski definition) is 1. The summed E-state index contributed by atoms with van der Waals surface area (Å²) in [4.78, 5) is 4.61. The summed E-state index contributed by atoms with van der Waals surface area (Å²) >= 11 is 0. The van der Waals surface area contributed by atoms with Gasteiger partial charge in [-0.2, -0.15) is 0 Å². The number of hydrogen-bond acceptors (Lipinski definition) is 3. The van der Waals surface area contributed by atoms with E-state index in [-0.39, 0.29) is 0 Å². The molecule has 0 heterocycles. The van der Waals surface area contributed by atoms with E-state index in [0.29, 0.717) is 0 Å². The minimum Gasteiger partial charge on any atom is -0.398 e. The van der Waals surface area contributed by atoms with E-state index in [2.05, 4.69) is 243 Å². The second-order valence-corrected chi connectivity index (χ2v) is 15.5. The number of para-hydroxylation sites is 2. The van der Waals surface area contributed by atoms with E-state index in [4.69, 9.17) is 5.73 Å². The molecule has 2 N–H and O–H groups in total. The summed E-state index contributed by atoms with van der Waals surface area (Å²) < 4.78 is 0. The first kappa shape index (κ1) is 37.9. The van der Waals surface area contributed by atoms with Gasteiger partial charge in [0.1, 0.15) is 0 Å². The fraction of sp³-hybridized carbons (Fsp3) is 0.0526. The van der Waals surface area contributed by atoms with Crippen molar-refractivity contribution in [1.29, 1.82) is 0 Å². The fourth-order valence-corrected chi connectivity index (χ4v) is 8.29. The Kier molecular flexibility index (Phi) is 10.6. The summed E-state index contributed by atoms with van der Waals surface area (Å²) in [6.07, 6.45) is 0. The molecular weight excluding hydrogens is 727 g/mol. The Morgan fingerprint density at radius 1 is 0.300 bits per heavy atom. The van der Waals surface area contributed by atoms with Gasteiger partial charge in [0.15, 0.2) is 0 Å². The number of rotatable bonds is 10. The van der Waals surface area contributed by atoms with Crippen LogP contribution in [0, 0.1) is 20.8 Å². The van der Waals surface area contributed by atoms with Crippen LogP contribution in [-0.4, -0.2) is 0 Å². The van der Waals surface area contributed by atoms with E-state index in [1.54, 1.807) is 0 Å². The summed E-state index contributed by atoms with van der Waals surface area (Å²) in [6, 6.07) is 77.9. The van der Waals surface area contributed by atoms with Gasteiger partial charge < -0.3 is 15.5 Å². The number of aryl methyl sites for hydroxylation is 2. The maximum atomic E-state index is 6.71. The molecule has 0 aromatic heterocycles. The monoisotopic (exact) mass is 773 g/mol. The van der Waals surface area contributed by atoms with E-state index >= 15 is 0 Å². The van der Waals surface area contributed by atoms with E-state index < -0.39 is 0 Å². The van der Waals surface area contributed by atoms with Crippen LogP contribution in [0.15, 0.2) is 218 Å². The third-order valence-corrected chi connectivity index (χ3v) is 11.3. The lowest BCUT2D eigenvalue weighted by Crippen LogP contribution is -2.09. The molecule has 290 valence electrons. The summed E-state index contributed by atoms with van der Waals surface area (Å²) in [5.74, 6) is 0. The summed E-state index contributed by atoms with van der Waals surface area (Å²) in [5.41, 5.74) is 27.1. The van der Waals surface area contributed by atoms with Crippen LogP contribution in [0.1, 0.15) is 16.7 Å². The predicted molar refractivity (Wildman–Crippen MR) is 256 cm³/mol. The maximum Gasteiger partial charge on any atom is 0.0464 e. The predicted octanol–water partition coefficient (Wildman–Crippen LogP) is 15.8. The lowest BCUT2D eigenvalue weighted by atomic mass is 9.90. The molecule has 0 spiro atoms. The number of anilines is 7. The Bertz CT molecular complexity index is 2860. The average molecular weight is 774 g/mol. The van der Waals surface area contributed by atoms with Crippen LogP contribution in [-0.2, 0) is 0 Å². The molecule has 0 saturated heterocycles. The van der Waals surface area contributed by atoms with E-state index in [9.17, 15) is 0 Å². The lowest BCUT2D eigenvalue weighted by Gasteiger charge is -2.26. The average Bonchev–Trinajstić information content (AvgIpc) is 3.28. The molecule has 9 rings (SSSR count). The van der Waals surface area contributed by atoms with Crippen LogP contribution in [0.5, 0.6) is 0 Å². The van der Waals surface area contributed by atoms with Crippen LogP contribution >= 0.6 is 0 Å². The molecule has 0 bridgehead atoms. The first-order valence-corrected chi connectivity index (χ1v) is 20.5. The van der Waals surface area contributed by atoms with Crippen molar-refractivity contribution in [3.05, 3.63) is 235 Å². The van der Waals surface area contributed by atoms with Gasteiger partial charge in [0.25, 0.3) is 0 Å². The molecule has 0 unspecified atom stereocenters. The molecule has 0 aliphatic rings. The Hall–Kier alpha value is -7.62. The van der Waals surface area contributed by atoms with Gasteiger partial charge in [-0.05, 0) is 155 Å². The number of nitrogens with zero attached hydrogens (tertiary/aromatic N) is 2. The van der Waals surface area contributed by atoms with Crippen LogP contribution < -0.4 is 15.5 Å². The third-order valence-electron chi connectivity index (χ3n) is 11.3. The highest BCUT2D eigenvalue weighted by Crippen LogP contribution is 2.40. The number of nitrogens with two attached hydrogens (primary N) is 1. The van der Waals surface area contributed by atoms with Crippen molar-refractivity contribution in [2.75, 3.05) is 15.5 Å². The van der Waals surface area contributed by atoms with Gasteiger partial charge in [-0.15, -0.1) is 0 Å². The van der Waals surface area contributed by atoms with Crippen molar-refractivity contribution in [2.24, 2.45) is 0 Å². The highest BCUT2D eigenvalue weighted by atomic mass is 15.1. The van der Waals surface area contributed by atoms with Crippen LogP contribution in [0.3, 0.4) is 0 Å². The molecule has 3 nitrogen and oxygen atoms in total. The van der Waals surface area contributed by atoms with Crippen molar-refractivity contribution < 1.29 is 0 Å². The van der Waals surface area contributed by atoms with E-state index in [0.717, 1.165) is 67.6 Å². The van der Waals surface area contributed by atoms with Crippen molar-refractivity contribution in [2.45, 2.75) is 20.8 Å². The Morgan fingerprint density at radius 3 is 1.07 bits per heavy atom. The quantitative estimate of drug-likeness (QED) is 0.141. The summed E-state index contributed by atoms with van der Waals surface area (Å²) in [6.45, 7) is 6.45. The molecule has 0 amide bonds. The Morgan fingerprint density at radius 2 is 0.650 bits per heavy atom. The van der Waals surface area contributed by atoms with Crippen LogP contribution in [0.4, 0.5) is 39.8 Å². The second kappa shape index (κ2) is 16.7. The molecule has 3 heteroatoms. The topological polar surface area (TPSA) is 32.5 Å². The Balaban J connectivity index is 0.945. The minimum absolute atomic E-state index is 0.775. The molecule has 0 radical (unpaired) electrons. The highest BCUT2D eigenvalue weighted by Gasteiger charge is 2.16. The third kappa shape index (κ3) is 7.81. The van der Waals surface area contributed by atoms with Crippen molar-refractivity contribution in [3.8, 4) is 44.5 Å². The Labute approximate surface area is 354 Å². The molecule has 0 aliphatic heterocycles. The van der Waals surface area contributed by atoms with Crippen molar-refractivity contribution in [1.82, 2.24) is 0 Å².